The van der Waals surface area contributed by atoms with Crippen molar-refractivity contribution in [1.29, 1.82) is 0 Å². The van der Waals surface area contributed by atoms with E-state index < -0.39 is 23.1 Å². The Morgan fingerprint density at radius 3 is 1.86 bits per heavy atom. The molecule has 0 aromatic heterocycles. The van der Waals surface area contributed by atoms with Crippen molar-refractivity contribution in [2.45, 2.75) is 122 Å². The van der Waals surface area contributed by atoms with Crippen LogP contribution in [0.25, 0.3) is 0 Å². The smallest absolute Gasteiger partial charge is 0.318 e. The van der Waals surface area contributed by atoms with Crippen LogP contribution in [0.1, 0.15) is 117 Å². The molecule has 0 aromatic rings. The number of esters is 1. The van der Waals surface area contributed by atoms with Crippen LogP contribution in [0.2, 0.25) is 0 Å². The predicted octanol–water partition coefficient (Wildman–Crippen LogP) is 6.41. The molecule has 0 amide bonds. The minimum absolute atomic E-state index is 0.241. The van der Waals surface area contributed by atoms with Crippen molar-refractivity contribution in [3.05, 3.63) is 12.2 Å². The van der Waals surface area contributed by atoms with Gasteiger partial charge in [0.25, 0.3) is 0 Å². The first-order chi connectivity index (χ1) is 16.9. The fraction of sp³-hybridized carbons (Fsp3) is 0.857. The van der Waals surface area contributed by atoms with E-state index in [4.69, 9.17) is 14.2 Å². The lowest BCUT2D eigenvalue weighted by atomic mass is 9.85. The van der Waals surface area contributed by atoms with E-state index in [1.54, 1.807) is 13.0 Å². The number of hydrogen-bond donors (Lipinski definition) is 1. The number of carboxylic acids is 1. The van der Waals surface area contributed by atoms with Gasteiger partial charge in [-0.2, -0.15) is 0 Å². The van der Waals surface area contributed by atoms with Gasteiger partial charge in [-0.05, 0) is 19.8 Å². The summed E-state index contributed by atoms with van der Waals surface area (Å²) < 4.78 is 16.7. The van der Waals surface area contributed by atoms with Gasteiger partial charge in [-0.25, -0.2) is 4.90 Å². The van der Waals surface area contributed by atoms with Crippen LogP contribution in [-0.4, -0.2) is 54.3 Å². The summed E-state index contributed by atoms with van der Waals surface area (Å²) in [4.78, 5) is 26.3. The van der Waals surface area contributed by atoms with Gasteiger partial charge in [0.1, 0.15) is 26.7 Å². The molecule has 0 aliphatic carbocycles. The number of carbonyl (C=O) groups is 2. The Morgan fingerprint density at radius 1 is 0.886 bits per heavy atom. The quantitative estimate of drug-likeness (QED) is 0.119. The topological polar surface area (TPSA) is 85.3 Å². The molecule has 0 saturated carbocycles. The second-order valence-electron chi connectivity index (χ2n) is 10.6. The molecule has 0 bridgehead atoms. The minimum atomic E-state index is -1.21. The predicted molar refractivity (Wildman–Crippen MR) is 137 cm³/mol. The maximum Gasteiger partial charge on any atom is 0.318 e. The highest BCUT2D eigenvalue weighted by Gasteiger charge is 2.52. The summed E-state index contributed by atoms with van der Waals surface area (Å²) >= 11 is 0. The van der Waals surface area contributed by atoms with Crippen molar-refractivity contribution in [3.8, 4) is 0 Å². The average molecular weight is 496 g/mol. The first kappa shape index (κ1) is 29.8. The number of aliphatic carboxylic acids is 1. The molecular weight excluding hydrogens is 446 g/mol. The van der Waals surface area contributed by atoms with Crippen LogP contribution < -0.4 is 0 Å². The summed E-state index contributed by atoms with van der Waals surface area (Å²) in [7, 11) is 0. The molecule has 2 fully saturated rings. The molecular formula is C28H49NO6. The first-order valence-electron chi connectivity index (χ1n) is 14.0. The molecule has 0 radical (unpaired) electrons. The number of allylic oxidation sites excluding steroid dienone is 1. The van der Waals surface area contributed by atoms with Gasteiger partial charge in [0, 0.05) is 0 Å². The number of carbonyl (C=O) groups excluding carboxylic acids is 1. The molecule has 7 nitrogen and oxygen atoms in total. The SMILES string of the molecule is CCCCCCCCCCCCCCCCC=CC(C)(CC(=O)O)C(=O)OC12COCN1COC2. The fourth-order valence-corrected chi connectivity index (χ4v) is 4.85. The maximum absolute atomic E-state index is 13.0. The van der Waals surface area contributed by atoms with E-state index in [1.165, 1.54) is 77.0 Å². The molecule has 2 aliphatic rings. The summed E-state index contributed by atoms with van der Waals surface area (Å²) in [5.74, 6) is -1.57. The molecule has 202 valence electrons. The first-order valence-corrected chi connectivity index (χ1v) is 14.0. The number of carboxylic acid groups (broad SMARTS) is 1. The second-order valence-corrected chi connectivity index (χ2v) is 10.6. The summed E-state index contributed by atoms with van der Waals surface area (Å²) in [5, 5.41) is 9.38. The van der Waals surface area contributed by atoms with Crippen LogP contribution in [0.3, 0.4) is 0 Å². The van der Waals surface area contributed by atoms with E-state index in [1.807, 2.05) is 11.0 Å². The summed E-state index contributed by atoms with van der Waals surface area (Å²) in [6, 6.07) is 0. The number of rotatable bonds is 20. The number of unbranched alkanes of at least 4 members (excludes halogenated alkanes) is 14. The van der Waals surface area contributed by atoms with Gasteiger partial charge in [0.2, 0.25) is 5.72 Å². The maximum atomic E-state index is 13.0. The second kappa shape index (κ2) is 16.3. The van der Waals surface area contributed by atoms with Crippen LogP contribution in [0.15, 0.2) is 12.2 Å². The molecule has 35 heavy (non-hydrogen) atoms. The van der Waals surface area contributed by atoms with Gasteiger partial charge in [-0.15, -0.1) is 0 Å². The van der Waals surface area contributed by atoms with Crippen LogP contribution >= 0.6 is 0 Å². The van der Waals surface area contributed by atoms with Crippen molar-refractivity contribution in [1.82, 2.24) is 4.90 Å². The van der Waals surface area contributed by atoms with E-state index in [2.05, 4.69) is 6.92 Å². The third-order valence-corrected chi connectivity index (χ3v) is 7.20. The van der Waals surface area contributed by atoms with E-state index in [9.17, 15) is 14.7 Å². The summed E-state index contributed by atoms with van der Waals surface area (Å²) in [6.07, 6.45) is 22.6. The Balaban J connectivity index is 1.58. The number of nitrogens with zero attached hydrogens (tertiary/aromatic N) is 1. The molecule has 0 spiro atoms. The van der Waals surface area contributed by atoms with Crippen LogP contribution in [0.4, 0.5) is 0 Å². The van der Waals surface area contributed by atoms with Crippen molar-refractivity contribution in [2.75, 3.05) is 26.7 Å². The van der Waals surface area contributed by atoms with Gasteiger partial charge in [0.15, 0.2) is 0 Å². The third-order valence-electron chi connectivity index (χ3n) is 7.20. The lowest BCUT2D eigenvalue weighted by Gasteiger charge is -2.32. The van der Waals surface area contributed by atoms with E-state index in [0.29, 0.717) is 13.5 Å². The van der Waals surface area contributed by atoms with Crippen molar-refractivity contribution in [2.24, 2.45) is 5.41 Å². The third kappa shape index (κ3) is 10.6. The molecule has 2 saturated heterocycles. The Morgan fingerprint density at radius 2 is 1.37 bits per heavy atom. The summed E-state index contributed by atoms with van der Waals surface area (Å²) in [5.41, 5.74) is -2.15. The minimum Gasteiger partial charge on any atom is -0.481 e. The lowest BCUT2D eigenvalue weighted by molar-refractivity contribution is -0.181. The Labute approximate surface area is 212 Å². The van der Waals surface area contributed by atoms with Gasteiger partial charge >= 0.3 is 11.9 Å². The normalized spacial score (nSPS) is 19.1. The monoisotopic (exact) mass is 495 g/mol. The molecule has 2 aliphatic heterocycles. The van der Waals surface area contributed by atoms with Gasteiger partial charge in [0.05, 0.1) is 11.8 Å². The van der Waals surface area contributed by atoms with Gasteiger partial charge in [-0.3, -0.25) is 9.59 Å². The van der Waals surface area contributed by atoms with Crippen LogP contribution in [-0.2, 0) is 23.8 Å². The molecule has 0 aromatic carbocycles. The number of hydrogen-bond acceptors (Lipinski definition) is 6. The largest absolute Gasteiger partial charge is 0.481 e. The highest BCUT2D eigenvalue weighted by Crippen LogP contribution is 2.34. The Kier molecular flexibility index (Phi) is 13.9. The zero-order valence-electron chi connectivity index (χ0n) is 22.2. The van der Waals surface area contributed by atoms with Crippen molar-refractivity contribution < 1.29 is 28.9 Å². The van der Waals surface area contributed by atoms with Crippen LogP contribution in [0, 0.1) is 5.41 Å². The number of fused-ring (bicyclic) bond motifs is 1. The van der Waals surface area contributed by atoms with Gasteiger partial charge < -0.3 is 19.3 Å². The van der Waals surface area contributed by atoms with Crippen molar-refractivity contribution in [3.63, 3.8) is 0 Å². The Hall–Kier alpha value is -1.44. The molecule has 2 rings (SSSR count). The highest BCUT2D eigenvalue weighted by molar-refractivity contribution is 5.84. The summed E-state index contributed by atoms with van der Waals surface area (Å²) in [6.45, 7) is 5.07. The highest BCUT2D eigenvalue weighted by atomic mass is 16.7. The van der Waals surface area contributed by atoms with Crippen LogP contribution in [0.5, 0.6) is 0 Å². The molecule has 7 heteroatoms. The molecule has 1 unspecified atom stereocenters. The van der Waals surface area contributed by atoms with E-state index in [-0.39, 0.29) is 19.6 Å². The van der Waals surface area contributed by atoms with E-state index in [0.717, 1.165) is 19.3 Å². The average Bonchev–Trinajstić information content (AvgIpc) is 3.38. The van der Waals surface area contributed by atoms with E-state index >= 15 is 0 Å². The molecule has 2 heterocycles. The zero-order chi connectivity index (χ0) is 25.4. The molecule has 1 N–H and O–H groups in total. The van der Waals surface area contributed by atoms with Crippen molar-refractivity contribution >= 4 is 11.9 Å². The fourth-order valence-electron chi connectivity index (χ4n) is 4.85. The molecule has 1 atom stereocenters. The zero-order valence-corrected chi connectivity index (χ0v) is 22.2. The number of ether oxygens (including phenoxy) is 3. The lowest BCUT2D eigenvalue weighted by Crippen LogP contribution is -2.49. The van der Waals surface area contributed by atoms with Gasteiger partial charge in [-0.1, -0.05) is 103 Å². The Bertz CT molecular complexity index is 641. The standard InChI is InChI=1S/C28H49NO6/c1-3-4-5-6-7-8-9-10-11-12-13-14-15-16-17-18-19-27(2,20-25(30)31)26(32)35-28-21-33-23-29(28)24-34-22-28/h18-19H,3-17,20-24H2,1-2H3,(H,30,31).